The largest absolute Gasteiger partial charge is 0.364 e. The minimum Gasteiger partial charge on any atom is -0.364 e. The molecule has 0 amide bonds. The molecule has 2 fully saturated rings. The molecular weight excluding hydrogens is 270 g/mol. The molecule has 0 radical (unpaired) electrons. The van der Waals surface area contributed by atoms with E-state index >= 15 is 0 Å². The van der Waals surface area contributed by atoms with E-state index in [0.717, 1.165) is 19.4 Å². The number of nitrogens with one attached hydrogen (secondary N) is 1. The fourth-order valence-electron chi connectivity index (χ4n) is 3.14. The Hall–Kier alpha value is -1.16. The highest BCUT2D eigenvalue weighted by atomic mass is 19.1. The molecule has 1 heterocycles. The summed E-state index contributed by atoms with van der Waals surface area (Å²) in [7, 11) is 0. The summed E-state index contributed by atoms with van der Waals surface area (Å²) in [6.07, 6.45) is 4.47. The molecule has 1 N–H and O–H groups in total. The Labute approximate surface area is 125 Å². The van der Waals surface area contributed by atoms with E-state index in [9.17, 15) is 8.78 Å². The minimum atomic E-state index is -0.427. The summed E-state index contributed by atoms with van der Waals surface area (Å²) in [5, 5.41) is 3.30. The maximum Gasteiger partial charge on any atom is 0.149 e. The molecule has 3 rings (SSSR count). The van der Waals surface area contributed by atoms with Crippen molar-refractivity contribution in [1.29, 1.82) is 0 Å². The second-order valence-corrected chi connectivity index (χ2v) is 6.75. The normalized spacial score (nSPS) is 26.2. The van der Waals surface area contributed by atoms with Crippen LogP contribution in [0.3, 0.4) is 0 Å². The molecule has 116 valence electrons. The summed E-state index contributed by atoms with van der Waals surface area (Å²) in [5.41, 5.74) is 0.850. The van der Waals surface area contributed by atoms with Gasteiger partial charge in [0.15, 0.2) is 0 Å². The van der Waals surface area contributed by atoms with Crippen LogP contribution in [0.2, 0.25) is 0 Å². The van der Waals surface area contributed by atoms with Crippen LogP contribution in [0.25, 0.3) is 0 Å². The summed E-state index contributed by atoms with van der Waals surface area (Å²) in [5.74, 6) is -0.372. The summed E-state index contributed by atoms with van der Waals surface area (Å²) in [4.78, 5) is 1.90. The molecule has 0 spiro atoms. The van der Waals surface area contributed by atoms with E-state index in [1.54, 1.807) is 0 Å². The number of piperidine rings is 1. The van der Waals surface area contributed by atoms with Gasteiger partial charge in [-0.05, 0) is 56.2 Å². The van der Waals surface area contributed by atoms with Crippen molar-refractivity contribution in [3.63, 3.8) is 0 Å². The van der Waals surface area contributed by atoms with Gasteiger partial charge in [0.2, 0.25) is 0 Å². The number of anilines is 1. The van der Waals surface area contributed by atoms with Crippen LogP contribution in [-0.2, 0) is 6.54 Å². The number of benzene rings is 1. The number of hydrogen-bond donors (Lipinski definition) is 1. The van der Waals surface area contributed by atoms with Crippen molar-refractivity contribution >= 4 is 5.69 Å². The first-order valence-corrected chi connectivity index (χ1v) is 8.02. The molecule has 1 aromatic rings. The molecule has 2 unspecified atom stereocenters. The Morgan fingerprint density at radius 2 is 1.76 bits per heavy atom. The van der Waals surface area contributed by atoms with Gasteiger partial charge >= 0.3 is 0 Å². The smallest absolute Gasteiger partial charge is 0.149 e. The van der Waals surface area contributed by atoms with Gasteiger partial charge in [0.05, 0.1) is 0 Å². The Morgan fingerprint density at radius 3 is 2.38 bits per heavy atom. The zero-order valence-electron chi connectivity index (χ0n) is 12.8. The lowest BCUT2D eigenvalue weighted by molar-refractivity contribution is 0.381. The molecule has 1 aromatic carbocycles. The van der Waals surface area contributed by atoms with Gasteiger partial charge in [-0.25, -0.2) is 8.78 Å². The van der Waals surface area contributed by atoms with E-state index in [2.05, 4.69) is 12.2 Å². The van der Waals surface area contributed by atoms with Crippen LogP contribution in [-0.4, -0.2) is 18.6 Å². The predicted octanol–water partition coefficient (Wildman–Crippen LogP) is 3.84. The molecule has 1 aliphatic heterocycles. The summed E-state index contributed by atoms with van der Waals surface area (Å²) >= 11 is 0. The van der Waals surface area contributed by atoms with Gasteiger partial charge in [-0.3, -0.25) is 0 Å². The zero-order chi connectivity index (χ0) is 15.0. The molecule has 0 bridgehead atoms. The third-order valence-electron chi connectivity index (χ3n) is 4.65. The van der Waals surface area contributed by atoms with E-state index in [1.165, 1.54) is 25.0 Å². The van der Waals surface area contributed by atoms with Crippen molar-refractivity contribution in [1.82, 2.24) is 5.32 Å². The Bertz CT molecular complexity index is 491. The molecule has 1 aliphatic carbocycles. The highest BCUT2D eigenvalue weighted by Crippen LogP contribution is 2.32. The van der Waals surface area contributed by atoms with Crippen LogP contribution in [0.4, 0.5) is 14.5 Å². The van der Waals surface area contributed by atoms with Crippen molar-refractivity contribution in [2.75, 3.05) is 11.4 Å². The maximum absolute atomic E-state index is 14.4. The van der Waals surface area contributed by atoms with Crippen molar-refractivity contribution in [2.45, 2.75) is 58.2 Å². The van der Waals surface area contributed by atoms with Crippen LogP contribution in [0.1, 0.15) is 45.1 Å². The highest BCUT2D eigenvalue weighted by Gasteiger charge is 2.28. The van der Waals surface area contributed by atoms with Crippen LogP contribution >= 0.6 is 0 Å². The van der Waals surface area contributed by atoms with Crippen LogP contribution < -0.4 is 10.2 Å². The summed E-state index contributed by atoms with van der Waals surface area (Å²) < 4.78 is 28.9. The third-order valence-corrected chi connectivity index (χ3v) is 4.65. The first kappa shape index (κ1) is 14.8. The first-order valence-electron chi connectivity index (χ1n) is 8.02. The van der Waals surface area contributed by atoms with E-state index in [4.69, 9.17) is 0 Å². The van der Waals surface area contributed by atoms with Crippen molar-refractivity contribution in [2.24, 2.45) is 5.92 Å². The van der Waals surface area contributed by atoms with Crippen LogP contribution in [0.5, 0.6) is 0 Å². The molecule has 2 nitrogen and oxygen atoms in total. The van der Waals surface area contributed by atoms with Gasteiger partial charge in [-0.15, -0.1) is 0 Å². The molecule has 4 heteroatoms. The lowest BCUT2D eigenvalue weighted by Crippen LogP contribution is -2.42. The Morgan fingerprint density at radius 1 is 1.10 bits per heavy atom. The summed E-state index contributed by atoms with van der Waals surface area (Å²) in [6, 6.07) is 3.71. The van der Waals surface area contributed by atoms with Gasteiger partial charge < -0.3 is 10.2 Å². The molecule has 2 atom stereocenters. The van der Waals surface area contributed by atoms with E-state index in [1.807, 2.05) is 11.8 Å². The lowest BCUT2D eigenvalue weighted by atomic mass is 9.94. The molecule has 0 aromatic heterocycles. The van der Waals surface area contributed by atoms with E-state index < -0.39 is 11.6 Å². The molecule has 21 heavy (non-hydrogen) atoms. The number of hydrogen-bond acceptors (Lipinski definition) is 2. The molecule has 1 saturated carbocycles. The van der Waals surface area contributed by atoms with Gasteiger partial charge in [0.1, 0.15) is 17.3 Å². The number of nitrogens with zero attached hydrogens (tertiary/aromatic N) is 1. The summed E-state index contributed by atoms with van der Waals surface area (Å²) in [6.45, 7) is 5.47. The fraction of sp³-hybridized carbons (Fsp3) is 0.647. The van der Waals surface area contributed by atoms with Crippen LogP contribution in [0.15, 0.2) is 12.1 Å². The van der Waals surface area contributed by atoms with E-state index in [0.29, 0.717) is 24.1 Å². The highest BCUT2D eigenvalue weighted by molar-refractivity contribution is 5.52. The quantitative estimate of drug-likeness (QED) is 0.907. The van der Waals surface area contributed by atoms with Gasteiger partial charge in [-0.2, -0.15) is 0 Å². The Kier molecular flexibility index (Phi) is 4.16. The fourth-order valence-corrected chi connectivity index (χ4v) is 3.14. The van der Waals surface area contributed by atoms with Crippen LogP contribution in [0, 0.1) is 17.6 Å². The van der Waals surface area contributed by atoms with Gasteiger partial charge in [0.25, 0.3) is 0 Å². The topological polar surface area (TPSA) is 15.3 Å². The second-order valence-electron chi connectivity index (χ2n) is 6.75. The molecular formula is C17H24F2N2. The van der Waals surface area contributed by atoms with Gasteiger partial charge in [-0.1, -0.05) is 6.92 Å². The maximum atomic E-state index is 14.4. The predicted molar refractivity (Wildman–Crippen MR) is 81.4 cm³/mol. The third kappa shape index (κ3) is 3.37. The van der Waals surface area contributed by atoms with E-state index in [-0.39, 0.29) is 11.7 Å². The van der Waals surface area contributed by atoms with Crippen molar-refractivity contribution < 1.29 is 8.78 Å². The monoisotopic (exact) mass is 294 g/mol. The molecule has 1 saturated heterocycles. The average Bonchev–Trinajstić information content (AvgIpc) is 3.24. The van der Waals surface area contributed by atoms with Crippen molar-refractivity contribution in [3.05, 3.63) is 29.3 Å². The van der Waals surface area contributed by atoms with Gasteiger partial charge in [0, 0.05) is 25.2 Å². The second kappa shape index (κ2) is 5.91. The standard InChI is InChI=1S/C17H24F2N2/c1-11-3-4-12(2)21(10-11)17-15(18)7-13(8-16(17)19)9-20-14-5-6-14/h7-8,11-12,14,20H,3-6,9-10H2,1-2H3. The SMILES string of the molecule is CC1CCC(C)N(c2c(F)cc(CNC3CC3)cc2F)C1. The zero-order valence-corrected chi connectivity index (χ0v) is 12.8. The number of halogens is 2. The minimum absolute atomic E-state index is 0.157. The van der Waals surface area contributed by atoms with Crippen molar-refractivity contribution in [3.8, 4) is 0 Å². The number of rotatable bonds is 4. The average molecular weight is 294 g/mol. The molecule has 2 aliphatic rings. The lowest BCUT2D eigenvalue weighted by Gasteiger charge is -2.38. The Balaban J connectivity index is 1.80. The first-order chi connectivity index (χ1) is 10.0.